The van der Waals surface area contributed by atoms with Crippen molar-refractivity contribution in [1.82, 2.24) is 39.6 Å². The second-order valence-corrected chi connectivity index (χ2v) is 22.4. The number of Topliss-reactive ketones (excluding diaryl/α,β-unsaturated/α-hetero) is 1. The van der Waals surface area contributed by atoms with Crippen molar-refractivity contribution >= 4 is 56.7 Å². The number of rotatable bonds is 19. The maximum absolute atomic E-state index is 17.3. The highest BCUT2D eigenvalue weighted by Crippen LogP contribution is 2.43. The molecule has 3 fully saturated rings. The maximum atomic E-state index is 17.3. The van der Waals surface area contributed by atoms with Crippen molar-refractivity contribution in [2.45, 2.75) is 82.9 Å². The molecule has 0 unspecified atom stereocenters. The first-order valence-corrected chi connectivity index (χ1v) is 28.1. The van der Waals surface area contributed by atoms with Gasteiger partial charge in [-0.3, -0.25) is 24.0 Å². The summed E-state index contributed by atoms with van der Waals surface area (Å²) in [5, 5.41) is 41.2. The molecule has 0 saturated carbocycles. The molecule has 0 radical (unpaired) electrons. The number of benzene rings is 4. The number of phenols is 1. The first-order chi connectivity index (χ1) is 39.5. The topological polar surface area (TPSA) is 217 Å². The number of halogens is 3. The number of ether oxygens (including phenoxy) is 2. The lowest BCUT2D eigenvalue weighted by molar-refractivity contribution is -0.140. The molecule has 5 atom stereocenters. The Labute approximate surface area is 478 Å². The predicted octanol–water partition coefficient (Wildman–Crippen LogP) is 9.38. The van der Waals surface area contributed by atoms with Gasteiger partial charge in [0.15, 0.2) is 23.2 Å². The van der Waals surface area contributed by atoms with Crippen LogP contribution in [0.15, 0.2) is 102 Å². The molecule has 2 N–H and O–H groups in total. The second-order valence-electron chi connectivity index (χ2n) is 22.0. The molecule has 6 heterocycles. The number of piperazine rings is 1. The molecule has 4 aromatic carbocycles. The van der Waals surface area contributed by atoms with Gasteiger partial charge in [-0.1, -0.05) is 87.5 Å². The van der Waals surface area contributed by atoms with Gasteiger partial charge in [-0.15, -0.1) is 0 Å². The summed E-state index contributed by atoms with van der Waals surface area (Å²) < 4.78 is 51.3. The third-order valence-corrected chi connectivity index (χ3v) is 16.5. The largest absolute Gasteiger partial charge is 0.508 e. The summed E-state index contributed by atoms with van der Waals surface area (Å²) in [6, 6.07) is 23.9. The van der Waals surface area contributed by atoms with Gasteiger partial charge in [0.2, 0.25) is 5.91 Å². The molecule has 428 valence electrons. The van der Waals surface area contributed by atoms with E-state index >= 15 is 4.39 Å². The van der Waals surface area contributed by atoms with Crippen LogP contribution in [0.3, 0.4) is 0 Å². The molecule has 3 aliphatic rings. The van der Waals surface area contributed by atoms with E-state index < -0.39 is 41.7 Å². The lowest BCUT2D eigenvalue weighted by Gasteiger charge is -2.41. The highest BCUT2D eigenvalue weighted by molar-refractivity contribution is 6.35. The van der Waals surface area contributed by atoms with Gasteiger partial charge in [-0.05, 0) is 101 Å². The highest BCUT2D eigenvalue weighted by Gasteiger charge is 2.44. The number of amides is 2. The molecule has 0 bridgehead atoms. The number of phenolic OH excluding ortho intramolecular Hbond substituents is 1. The summed E-state index contributed by atoms with van der Waals surface area (Å²) in [4.78, 5) is 57.2. The standard InChI is InChI=1S/C61H65ClF2N10O8/c1-35(2)54(60(79)74-33-44(76)29-50(74)51(77)26-36(3)39-10-12-40(13-11-39)49-15-19-66-70(49)5)52-31-53(69-82-52)81-34-38-16-20-71(21-17-38)24-25-80-61-67-57-47(58(68-61)72-22-23-73(59(78)37(4)63)42(32-72)14-18-65)30-48(62)55(56(57)64)46-28-43(75)27-41-8-6-7-9-45(41)46/h6-13,15,19,27-28,30-31,35-36,38,42,44,50,54,75-76H,4,14,16-17,20-26,29,32-34H2,1-3,5H3/t36-,42+,44-,50+,54-/m1/s1. The molecular formula is C61H65ClF2N10O8. The number of aryl methyl sites for hydroxylation is 1. The minimum absolute atomic E-state index is 0.0191. The van der Waals surface area contributed by atoms with Gasteiger partial charge in [-0.2, -0.15) is 20.3 Å². The van der Waals surface area contributed by atoms with Crippen molar-refractivity contribution < 1.29 is 47.4 Å². The number of aliphatic hydroxyl groups excluding tert-OH is 1. The summed E-state index contributed by atoms with van der Waals surface area (Å²) in [5.41, 5.74) is 3.27. The number of anilines is 1. The Morgan fingerprint density at radius 1 is 0.951 bits per heavy atom. The van der Waals surface area contributed by atoms with Crippen molar-refractivity contribution in [3.8, 4) is 46.1 Å². The van der Waals surface area contributed by atoms with Crippen LogP contribution in [0.4, 0.5) is 14.6 Å². The Hall–Kier alpha value is -7.99. The van der Waals surface area contributed by atoms with Gasteiger partial charge in [0.1, 0.15) is 29.6 Å². The number of carbonyl (C=O) groups excluding carboxylic acids is 3. The van der Waals surface area contributed by atoms with Crippen molar-refractivity contribution in [3.05, 3.63) is 120 Å². The van der Waals surface area contributed by atoms with Crippen LogP contribution >= 0.6 is 11.6 Å². The molecule has 10 rings (SSSR count). The first kappa shape index (κ1) is 57.3. The summed E-state index contributed by atoms with van der Waals surface area (Å²) >= 11 is 6.94. The number of carbonyl (C=O) groups is 3. The Balaban J connectivity index is 0.767. The second kappa shape index (κ2) is 24.6. The SMILES string of the molecule is C=C(F)C(=O)N1CCN(c2nc(OCCN3CCC(COc4cc([C@H](C(=O)N5C[C@H](O)C[C@H]5C(=O)C[C@@H](C)c5ccc(-c6ccnn6C)cc5)C(C)C)on4)CC3)nc3c(F)c(-c4cc(O)cc5ccccc45)c(Cl)cc23)C[C@@H]1CC#N. The summed E-state index contributed by atoms with van der Waals surface area (Å²) in [6.07, 6.45) is 2.75. The van der Waals surface area contributed by atoms with Gasteiger partial charge in [0.25, 0.3) is 11.8 Å². The highest BCUT2D eigenvalue weighted by atomic mass is 35.5. The van der Waals surface area contributed by atoms with E-state index in [-0.39, 0.29) is 126 Å². The van der Waals surface area contributed by atoms with Crippen molar-refractivity contribution in [2.24, 2.45) is 18.9 Å². The number of nitrogens with zero attached hydrogens (tertiary/aromatic N) is 10. The third-order valence-electron chi connectivity index (χ3n) is 16.2. The summed E-state index contributed by atoms with van der Waals surface area (Å²) in [6.45, 7) is 11.7. The van der Waals surface area contributed by atoms with E-state index in [1.165, 1.54) is 15.9 Å². The number of nitriles is 1. The zero-order chi connectivity index (χ0) is 57.9. The van der Waals surface area contributed by atoms with E-state index in [1.54, 1.807) is 52.2 Å². The molecule has 7 aromatic rings. The van der Waals surface area contributed by atoms with Crippen molar-refractivity contribution in [2.75, 3.05) is 63.9 Å². The molecular weight excluding hydrogens is 1070 g/mol. The molecule has 82 heavy (non-hydrogen) atoms. The number of aliphatic hydroxyl groups is 1. The fourth-order valence-corrected chi connectivity index (χ4v) is 12.1. The van der Waals surface area contributed by atoms with E-state index in [2.05, 4.69) is 32.8 Å². The van der Waals surface area contributed by atoms with Crippen molar-refractivity contribution in [3.63, 3.8) is 0 Å². The van der Waals surface area contributed by atoms with Gasteiger partial charge in [0, 0.05) is 75.8 Å². The number of β-amino-alcohol motifs (C(OH)–C–C–N with tert-alkyl or cyclic N) is 1. The van der Waals surface area contributed by atoms with Crippen LogP contribution < -0.4 is 14.4 Å². The number of ketones is 1. The monoisotopic (exact) mass is 1140 g/mol. The minimum atomic E-state index is -1.14. The molecule has 0 aliphatic carbocycles. The number of aromatic hydroxyl groups is 1. The average Bonchev–Trinajstić information content (AvgIpc) is 2.08. The summed E-state index contributed by atoms with van der Waals surface area (Å²) in [5.74, 6) is -3.42. The molecule has 0 spiro atoms. The lowest BCUT2D eigenvalue weighted by atomic mass is 9.89. The smallest absolute Gasteiger partial charge is 0.319 e. The Morgan fingerprint density at radius 3 is 2.44 bits per heavy atom. The number of hydrogen-bond acceptors (Lipinski definition) is 15. The molecule has 2 amide bonds. The Bertz CT molecular complexity index is 3560. The minimum Gasteiger partial charge on any atom is -0.508 e. The number of fused-ring (bicyclic) bond motifs is 2. The number of likely N-dealkylation sites (tertiary alicyclic amines) is 2. The van der Waals surface area contributed by atoms with Gasteiger partial charge < -0.3 is 38.9 Å². The van der Waals surface area contributed by atoms with E-state index in [4.69, 9.17) is 30.6 Å². The van der Waals surface area contributed by atoms with Gasteiger partial charge in [0.05, 0.1) is 48.0 Å². The molecule has 18 nitrogen and oxygen atoms in total. The summed E-state index contributed by atoms with van der Waals surface area (Å²) in [7, 11) is 1.89. The average molecular weight is 1140 g/mol. The molecule has 21 heteroatoms. The van der Waals surface area contributed by atoms with Crippen LogP contribution in [0.2, 0.25) is 5.02 Å². The number of hydrogen-bond donors (Lipinski definition) is 2. The first-order valence-electron chi connectivity index (χ1n) is 27.7. The van der Waals surface area contributed by atoms with E-state index in [0.717, 1.165) is 42.8 Å². The van der Waals surface area contributed by atoms with Gasteiger partial charge >= 0.3 is 6.01 Å². The quantitative estimate of drug-likeness (QED) is 0.0721. The van der Waals surface area contributed by atoms with E-state index in [9.17, 15) is 34.2 Å². The van der Waals surface area contributed by atoms with Crippen LogP contribution in [-0.2, 0) is 21.4 Å². The van der Waals surface area contributed by atoms with Crippen molar-refractivity contribution in [1.29, 1.82) is 5.26 Å². The molecule has 3 aliphatic heterocycles. The zero-order valence-corrected chi connectivity index (χ0v) is 46.9. The van der Waals surface area contributed by atoms with Gasteiger partial charge in [-0.25, -0.2) is 8.78 Å². The predicted molar refractivity (Wildman–Crippen MR) is 304 cm³/mol. The van der Waals surface area contributed by atoms with E-state index in [0.29, 0.717) is 35.2 Å². The molecule has 3 aromatic heterocycles. The Morgan fingerprint density at radius 2 is 1.72 bits per heavy atom. The van der Waals surface area contributed by atoms with E-state index in [1.807, 2.05) is 64.2 Å². The maximum Gasteiger partial charge on any atom is 0.319 e. The number of piperidine rings is 1. The van der Waals surface area contributed by atoms with Crippen LogP contribution in [0, 0.1) is 29.0 Å². The van der Waals surface area contributed by atoms with Crippen LogP contribution in [0.5, 0.6) is 17.6 Å². The zero-order valence-electron chi connectivity index (χ0n) is 46.2. The van der Waals surface area contributed by atoms with Crippen LogP contribution in [-0.4, -0.2) is 145 Å². The lowest BCUT2D eigenvalue weighted by Crippen LogP contribution is -2.55. The number of aromatic nitrogens is 5. The van der Waals surface area contributed by atoms with Crippen LogP contribution in [0.1, 0.15) is 76.0 Å². The third kappa shape index (κ3) is 12.1. The Kier molecular flexibility index (Phi) is 17.2. The fourth-order valence-electron chi connectivity index (χ4n) is 11.8. The van der Waals surface area contributed by atoms with Crippen LogP contribution in [0.25, 0.3) is 44.1 Å². The fraction of sp³-hybridized carbons (Fsp3) is 0.410. The molecule has 3 saturated heterocycles. The normalized spacial score (nSPS) is 18.7.